The fraction of sp³-hybridized carbons (Fsp3) is 0.500. The average Bonchev–Trinajstić information content (AvgIpc) is 3.15. The van der Waals surface area contributed by atoms with Gasteiger partial charge in [-0.1, -0.05) is 88.4 Å². The lowest BCUT2D eigenvalue weighted by atomic mass is 10.1. The normalized spacial score (nSPS) is 21.8. The van der Waals surface area contributed by atoms with E-state index in [-0.39, 0.29) is 35.0 Å². The van der Waals surface area contributed by atoms with E-state index in [9.17, 15) is 13.9 Å². The first-order valence-electron chi connectivity index (χ1n) is 11.6. The van der Waals surface area contributed by atoms with Gasteiger partial charge in [0.2, 0.25) is 0 Å². The van der Waals surface area contributed by atoms with Crippen LogP contribution in [0.5, 0.6) is 0 Å². The van der Waals surface area contributed by atoms with Gasteiger partial charge >= 0.3 is 5.97 Å². The molecule has 3 atom stereocenters. The molecule has 4 nitrogen and oxygen atoms in total. The largest absolute Gasteiger partial charge is 0.462 e. The van der Waals surface area contributed by atoms with Crippen LogP contribution >= 0.6 is 14.3 Å². The van der Waals surface area contributed by atoms with E-state index in [1.54, 1.807) is 0 Å². The molecule has 0 saturated heterocycles. The van der Waals surface area contributed by atoms with Gasteiger partial charge in [0.25, 0.3) is 0 Å². The Balaban J connectivity index is 2.01. The summed E-state index contributed by atoms with van der Waals surface area (Å²) in [6, 6.07) is 19.2. The molecule has 0 amide bonds. The number of benzene rings is 2. The number of rotatable bonds is 8. The Morgan fingerprint density at radius 1 is 0.875 bits per heavy atom. The Morgan fingerprint density at radius 2 is 1.34 bits per heavy atom. The minimum absolute atomic E-state index is 0.0168. The molecule has 0 bridgehead atoms. The molecule has 2 aromatic carbocycles. The second kappa shape index (κ2) is 10.1. The molecule has 0 N–H and O–H groups in total. The highest BCUT2D eigenvalue weighted by atomic mass is 31.2. The first-order chi connectivity index (χ1) is 15.1. The van der Waals surface area contributed by atoms with Crippen molar-refractivity contribution >= 4 is 30.9 Å². The van der Waals surface area contributed by atoms with Crippen molar-refractivity contribution in [1.82, 2.24) is 0 Å². The average molecular weight is 475 g/mol. The summed E-state index contributed by atoms with van der Waals surface area (Å²) in [7, 11) is -5.48. The zero-order chi connectivity index (χ0) is 23.5. The van der Waals surface area contributed by atoms with Gasteiger partial charge in [-0.25, -0.2) is 0 Å². The molecule has 1 aliphatic carbocycles. The van der Waals surface area contributed by atoms with Gasteiger partial charge in [0.1, 0.15) is 13.2 Å². The number of esters is 1. The standard InChI is InChI=1S/C26H36O4P2/c1-19(2)32(29,20(3)4)25-16-22(26(17-25)30-21(5)27)18-31(28,23-12-8-6-9-13-23)24-14-10-7-11-15-24/h6-15,19-20,22,25-26H,16-18H2,1-5H3/t22-,25+,26+/m1/s1. The summed E-state index contributed by atoms with van der Waals surface area (Å²) in [4.78, 5) is 11.9. The summed E-state index contributed by atoms with van der Waals surface area (Å²) in [5.41, 5.74) is 0.121. The molecular formula is C26H36O4P2. The quantitative estimate of drug-likeness (QED) is 0.354. The van der Waals surface area contributed by atoms with E-state index < -0.39 is 14.3 Å². The van der Waals surface area contributed by atoms with Gasteiger partial charge < -0.3 is 13.9 Å². The van der Waals surface area contributed by atoms with Crippen LogP contribution in [0.1, 0.15) is 47.5 Å². The minimum Gasteiger partial charge on any atom is -0.462 e. The predicted octanol–water partition coefficient (Wildman–Crippen LogP) is 5.89. The molecule has 2 aromatic rings. The van der Waals surface area contributed by atoms with Crippen LogP contribution in [0.2, 0.25) is 0 Å². The van der Waals surface area contributed by atoms with Crippen molar-refractivity contribution in [3.05, 3.63) is 60.7 Å². The number of hydrogen-bond acceptors (Lipinski definition) is 4. The van der Waals surface area contributed by atoms with Crippen LogP contribution in [0.4, 0.5) is 0 Å². The zero-order valence-electron chi connectivity index (χ0n) is 19.8. The first kappa shape index (κ1) is 25.0. The maximum absolute atomic E-state index is 14.6. The van der Waals surface area contributed by atoms with Crippen LogP contribution in [0, 0.1) is 5.92 Å². The molecule has 1 aliphatic rings. The molecule has 174 valence electrons. The molecule has 0 spiro atoms. The van der Waals surface area contributed by atoms with Crippen molar-refractivity contribution in [1.29, 1.82) is 0 Å². The first-order valence-corrected chi connectivity index (χ1v) is 15.4. The Hall–Kier alpha value is -1.63. The maximum atomic E-state index is 14.6. The summed E-state index contributed by atoms with van der Waals surface area (Å²) >= 11 is 0. The minimum atomic E-state index is -2.96. The van der Waals surface area contributed by atoms with Crippen molar-refractivity contribution in [2.45, 2.75) is 70.5 Å². The van der Waals surface area contributed by atoms with Crippen molar-refractivity contribution in [3.63, 3.8) is 0 Å². The van der Waals surface area contributed by atoms with Crippen LogP contribution in [-0.2, 0) is 18.7 Å². The van der Waals surface area contributed by atoms with E-state index in [2.05, 4.69) is 0 Å². The molecule has 1 fully saturated rings. The van der Waals surface area contributed by atoms with Gasteiger partial charge in [-0.15, -0.1) is 0 Å². The van der Waals surface area contributed by atoms with E-state index in [0.29, 0.717) is 19.0 Å². The van der Waals surface area contributed by atoms with Gasteiger partial charge in [0.05, 0.1) is 7.14 Å². The number of hydrogen-bond donors (Lipinski definition) is 0. The summed E-state index contributed by atoms with van der Waals surface area (Å²) in [6.45, 7) is 9.56. The fourth-order valence-corrected chi connectivity index (χ4v) is 12.5. The molecule has 0 radical (unpaired) electrons. The Bertz CT molecular complexity index is 946. The van der Waals surface area contributed by atoms with Gasteiger partial charge in [-0.3, -0.25) is 4.79 Å². The molecule has 0 unspecified atom stereocenters. The highest BCUT2D eigenvalue weighted by molar-refractivity contribution is 7.78. The summed E-state index contributed by atoms with van der Waals surface area (Å²) < 4.78 is 34.5. The van der Waals surface area contributed by atoms with E-state index in [4.69, 9.17) is 4.74 Å². The summed E-state index contributed by atoms with van der Waals surface area (Å²) in [5.74, 6) is -0.431. The van der Waals surface area contributed by atoms with Crippen LogP contribution < -0.4 is 10.6 Å². The molecular weight excluding hydrogens is 438 g/mol. The number of carbonyl (C=O) groups excluding carboxylic acids is 1. The van der Waals surface area contributed by atoms with Gasteiger partial charge in [0, 0.05) is 46.6 Å². The van der Waals surface area contributed by atoms with E-state index in [0.717, 1.165) is 10.6 Å². The molecule has 0 aliphatic heterocycles. The third kappa shape index (κ3) is 4.97. The molecule has 3 rings (SSSR count). The molecule has 1 saturated carbocycles. The molecule has 0 heterocycles. The molecule has 32 heavy (non-hydrogen) atoms. The van der Waals surface area contributed by atoms with Crippen molar-refractivity contribution in [2.24, 2.45) is 5.92 Å². The highest BCUT2D eigenvalue weighted by Crippen LogP contribution is 2.65. The molecule has 6 heteroatoms. The second-order valence-electron chi connectivity index (χ2n) is 9.58. The summed E-state index contributed by atoms with van der Waals surface area (Å²) in [6.07, 6.45) is 1.31. The van der Waals surface area contributed by atoms with Crippen molar-refractivity contribution < 1.29 is 18.7 Å². The van der Waals surface area contributed by atoms with Crippen LogP contribution in [0.15, 0.2) is 60.7 Å². The highest BCUT2D eigenvalue weighted by Gasteiger charge is 2.49. The van der Waals surface area contributed by atoms with Crippen LogP contribution in [-0.4, -0.2) is 35.2 Å². The van der Waals surface area contributed by atoms with Crippen LogP contribution in [0.25, 0.3) is 0 Å². The van der Waals surface area contributed by atoms with Crippen molar-refractivity contribution in [2.75, 3.05) is 6.16 Å². The topological polar surface area (TPSA) is 60.4 Å². The van der Waals surface area contributed by atoms with Crippen molar-refractivity contribution in [3.8, 4) is 0 Å². The smallest absolute Gasteiger partial charge is 0.302 e. The number of carbonyl (C=O) groups is 1. The SMILES string of the molecule is CC(=O)O[C@H]1C[C@@H](P(=O)(C(C)C)C(C)C)C[C@@H]1CP(=O)(c1ccccc1)c1ccccc1. The third-order valence-corrected chi connectivity index (χ3v) is 15.0. The molecule has 0 aromatic heterocycles. The predicted molar refractivity (Wildman–Crippen MR) is 135 cm³/mol. The Labute approximate surface area is 192 Å². The number of ether oxygens (including phenoxy) is 1. The fourth-order valence-electron chi connectivity index (χ4n) is 5.40. The van der Waals surface area contributed by atoms with Crippen LogP contribution in [0.3, 0.4) is 0 Å². The van der Waals surface area contributed by atoms with Gasteiger partial charge in [-0.05, 0) is 12.8 Å². The van der Waals surface area contributed by atoms with E-state index >= 15 is 0 Å². The lowest BCUT2D eigenvalue weighted by Gasteiger charge is -2.32. The van der Waals surface area contributed by atoms with E-state index in [1.165, 1.54) is 6.92 Å². The van der Waals surface area contributed by atoms with Gasteiger partial charge in [-0.2, -0.15) is 0 Å². The monoisotopic (exact) mass is 474 g/mol. The lowest BCUT2D eigenvalue weighted by molar-refractivity contribution is -0.147. The van der Waals surface area contributed by atoms with Gasteiger partial charge in [0.15, 0.2) is 0 Å². The summed E-state index contributed by atoms with van der Waals surface area (Å²) in [5, 5.41) is 1.62. The second-order valence-corrected chi connectivity index (χ2v) is 16.8. The Morgan fingerprint density at radius 3 is 1.75 bits per heavy atom. The maximum Gasteiger partial charge on any atom is 0.302 e. The third-order valence-electron chi connectivity index (χ3n) is 6.95. The van der Waals surface area contributed by atoms with E-state index in [1.807, 2.05) is 88.4 Å². The lowest BCUT2D eigenvalue weighted by Crippen LogP contribution is -2.28. The Kier molecular flexibility index (Phi) is 7.89. The zero-order valence-corrected chi connectivity index (χ0v) is 21.6.